The quantitative estimate of drug-likeness (QED) is 0.854. The molecule has 0 aliphatic heterocycles. The Bertz CT molecular complexity index is 602. The van der Waals surface area contributed by atoms with E-state index in [1.54, 1.807) is 19.2 Å². The number of halogens is 2. The zero-order valence-corrected chi connectivity index (χ0v) is 13.5. The smallest absolute Gasteiger partial charge is 0.162 e. The largest absolute Gasteiger partial charge is 0.493 e. The van der Waals surface area contributed by atoms with Gasteiger partial charge in [0.25, 0.3) is 0 Å². The van der Waals surface area contributed by atoms with Crippen LogP contribution in [0.5, 0.6) is 11.5 Å². The first-order valence-corrected chi connectivity index (χ1v) is 7.31. The lowest BCUT2D eigenvalue weighted by Gasteiger charge is -2.14. The molecule has 0 fully saturated rings. The SMILES string of the molecule is CNCc1cc(OC)c(OCc2ccc(F)cc2)cc1Br. The van der Waals surface area contributed by atoms with Crippen LogP contribution in [0, 0.1) is 5.82 Å². The van der Waals surface area contributed by atoms with E-state index in [2.05, 4.69) is 21.2 Å². The van der Waals surface area contributed by atoms with Crippen molar-refractivity contribution in [2.45, 2.75) is 13.2 Å². The number of hydrogen-bond acceptors (Lipinski definition) is 3. The number of benzene rings is 2. The summed E-state index contributed by atoms with van der Waals surface area (Å²) in [7, 11) is 3.50. The Morgan fingerprint density at radius 2 is 1.86 bits per heavy atom. The summed E-state index contributed by atoms with van der Waals surface area (Å²) in [6.07, 6.45) is 0. The third-order valence-electron chi connectivity index (χ3n) is 3.01. The van der Waals surface area contributed by atoms with Crippen LogP contribution >= 0.6 is 15.9 Å². The normalized spacial score (nSPS) is 10.5. The second kappa shape index (κ2) is 7.43. The molecule has 0 bridgehead atoms. The van der Waals surface area contributed by atoms with Crippen LogP contribution in [-0.4, -0.2) is 14.2 Å². The van der Waals surface area contributed by atoms with Gasteiger partial charge in [0.05, 0.1) is 7.11 Å². The van der Waals surface area contributed by atoms with E-state index in [4.69, 9.17) is 9.47 Å². The molecule has 5 heteroatoms. The minimum absolute atomic E-state index is 0.254. The van der Waals surface area contributed by atoms with E-state index in [1.807, 2.05) is 19.2 Å². The molecular weight excluding hydrogens is 337 g/mol. The topological polar surface area (TPSA) is 30.5 Å². The average molecular weight is 354 g/mol. The summed E-state index contributed by atoms with van der Waals surface area (Å²) < 4.78 is 24.9. The summed E-state index contributed by atoms with van der Waals surface area (Å²) in [6.45, 7) is 1.09. The van der Waals surface area contributed by atoms with Crippen molar-refractivity contribution >= 4 is 15.9 Å². The van der Waals surface area contributed by atoms with Crippen molar-refractivity contribution in [3.8, 4) is 11.5 Å². The van der Waals surface area contributed by atoms with E-state index in [0.29, 0.717) is 18.1 Å². The molecule has 0 heterocycles. The van der Waals surface area contributed by atoms with E-state index in [1.165, 1.54) is 12.1 Å². The third kappa shape index (κ3) is 4.19. The molecule has 0 aliphatic rings. The summed E-state index contributed by atoms with van der Waals surface area (Å²) in [4.78, 5) is 0. The molecule has 0 atom stereocenters. The molecule has 1 N–H and O–H groups in total. The standard InChI is InChI=1S/C16H17BrFNO2/c1-19-9-12-7-15(20-2)16(8-14(12)17)21-10-11-3-5-13(18)6-4-11/h3-8,19H,9-10H2,1-2H3. The first-order chi connectivity index (χ1) is 10.1. The molecule has 112 valence electrons. The summed E-state index contributed by atoms with van der Waals surface area (Å²) in [5.41, 5.74) is 1.98. The van der Waals surface area contributed by atoms with Crippen LogP contribution in [0.1, 0.15) is 11.1 Å². The maximum Gasteiger partial charge on any atom is 0.162 e. The fraction of sp³-hybridized carbons (Fsp3) is 0.250. The molecule has 0 saturated heterocycles. The summed E-state index contributed by atoms with van der Waals surface area (Å²) >= 11 is 3.52. The zero-order chi connectivity index (χ0) is 15.2. The molecule has 21 heavy (non-hydrogen) atoms. The van der Waals surface area contributed by atoms with Crippen molar-refractivity contribution < 1.29 is 13.9 Å². The van der Waals surface area contributed by atoms with E-state index >= 15 is 0 Å². The molecule has 0 aliphatic carbocycles. The van der Waals surface area contributed by atoms with Crippen LogP contribution in [0.2, 0.25) is 0 Å². The number of rotatable bonds is 6. The molecule has 0 amide bonds. The molecule has 3 nitrogen and oxygen atoms in total. The maximum absolute atomic E-state index is 12.9. The Morgan fingerprint density at radius 1 is 1.14 bits per heavy atom. The average Bonchev–Trinajstić information content (AvgIpc) is 2.49. The van der Waals surface area contributed by atoms with Gasteiger partial charge in [0.1, 0.15) is 12.4 Å². The van der Waals surface area contributed by atoms with Gasteiger partial charge in [0.15, 0.2) is 11.5 Å². The van der Waals surface area contributed by atoms with Gasteiger partial charge in [-0.1, -0.05) is 28.1 Å². The second-order valence-electron chi connectivity index (χ2n) is 4.54. The Kier molecular flexibility index (Phi) is 5.59. The van der Waals surface area contributed by atoms with Crippen LogP contribution in [0.15, 0.2) is 40.9 Å². The van der Waals surface area contributed by atoms with Crippen LogP contribution in [0.3, 0.4) is 0 Å². The molecule has 0 radical (unpaired) electrons. The Morgan fingerprint density at radius 3 is 2.48 bits per heavy atom. The monoisotopic (exact) mass is 353 g/mol. The number of ether oxygens (including phenoxy) is 2. The highest BCUT2D eigenvalue weighted by atomic mass is 79.9. The molecule has 0 saturated carbocycles. The maximum atomic E-state index is 12.9. The van der Waals surface area contributed by atoms with Gasteiger partial charge in [-0.3, -0.25) is 0 Å². The van der Waals surface area contributed by atoms with Gasteiger partial charge >= 0.3 is 0 Å². The van der Waals surface area contributed by atoms with E-state index in [0.717, 1.165) is 22.1 Å². The van der Waals surface area contributed by atoms with Gasteiger partial charge in [-0.15, -0.1) is 0 Å². The summed E-state index contributed by atoms with van der Waals surface area (Å²) in [5.74, 6) is 1.06. The highest BCUT2D eigenvalue weighted by Gasteiger charge is 2.10. The predicted octanol–water partition coefficient (Wildman–Crippen LogP) is 3.90. The molecule has 0 unspecified atom stereocenters. The first-order valence-electron chi connectivity index (χ1n) is 6.52. The zero-order valence-electron chi connectivity index (χ0n) is 12.0. The van der Waals surface area contributed by atoms with Gasteiger partial charge in [0, 0.05) is 11.0 Å². The third-order valence-corrected chi connectivity index (χ3v) is 3.75. The lowest BCUT2D eigenvalue weighted by Crippen LogP contribution is -2.06. The summed E-state index contributed by atoms with van der Waals surface area (Å²) in [5, 5.41) is 3.10. The van der Waals surface area contributed by atoms with Gasteiger partial charge in [-0.25, -0.2) is 4.39 Å². The fourth-order valence-electron chi connectivity index (χ4n) is 1.92. The number of nitrogens with one attached hydrogen (secondary N) is 1. The number of hydrogen-bond donors (Lipinski definition) is 1. The summed E-state index contributed by atoms with van der Waals surface area (Å²) in [6, 6.07) is 10.1. The first kappa shape index (κ1) is 15.8. The Labute approximate surface area is 132 Å². The highest BCUT2D eigenvalue weighted by molar-refractivity contribution is 9.10. The van der Waals surface area contributed by atoms with Crippen LogP contribution in [0.4, 0.5) is 4.39 Å². The van der Waals surface area contributed by atoms with Gasteiger partial charge in [-0.05, 0) is 42.4 Å². The minimum atomic E-state index is -0.254. The van der Waals surface area contributed by atoms with Gasteiger partial charge in [0.2, 0.25) is 0 Å². The lowest BCUT2D eigenvalue weighted by molar-refractivity contribution is 0.284. The van der Waals surface area contributed by atoms with Crippen molar-refractivity contribution in [3.63, 3.8) is 0 Å². The van der Waals surface area contributed by atoms with E-state index < -0.39 is 0 Å². The predicted molar refractivity (Wildman–Crippen MR) is 84.2 cm³/mol. The van der Waals surface area contributed by atoms with Crippen molar-refractivity contribution in [1.82, 2.24) is 5.32 Å². The van der Waals surface area contributed by atoms with Crippen LogP contribution in [0.25, 0.3) is 0 Å². The van der Waals surface area contributed by atoms with Crippen molar-refractivity contribution in [2.24, 2.45) is 0 Å². The molecule has 2 aromatic rings. The second-order valence-corrected chi connectivity index (χ2v) is 5.39. The van der Waals surface area contributed by atoms with Gasteiger partial charge < -0.3 is 14.8 Å². The molecule has 2 aromatic carbocycles. The van der Waals surface area contributed by atoms with Crippen LogP contribution < -0.4 is 14.8 Å². The molecule has 0 aromatic heterocycles. The minimum Gasteiger partial charge on any atom is -0.493 e. The molecular formula is C16H17BrFNO2. The Hall–Kier alpha value is -1.59. The van der Waals surface area contributed by atoms with Crippen molar-refractivity contribution in [2.75, 3.05) is 14.2 Å². The Balaban J connectivity index is 2.15. The van der Waals surface area contributed by atoms with Crippen molar-refractivity contribution in [3.05, 3.63) is 57.8 Å². The molecule has 0 spiro atoms. The van der Waals surface area contributed by atoms with E-state index in [9.17, 15) is 4.39 Å². The van der Waals surface area contributed by atoms with Crippen molar-refractivity contribution in [1.29, 1.82) is 0 Å². The van der Waals surface area contributed by atoms with Gasteiger partial charge in [-0.2, -0.15) is 0 Å². The number of methoxy groups -OCH3 is 1. The highest BCUT2D eigenvalue weighted by Crippen LogP contribution is 2.34. The fourth-order valence-corrected chi connectivity index (χ4v) is 2.38. The van der Waals surface area contributed by atoms with E-state index in [-0.39, 0.29) is 5.82 Å². The molecule has 2 rings (SSSR count). The lowest BCUT2D eigenvalue weighted by atomic mass is 10.2. The van der Waals surface area contributed by atoms with Crippen LogP contribution in [-0.2, 0) is 13.2 Å².